The van der Waals surface area contributed by atoms with Crippen LogP contribution in [-0.4, -0.2) is 37.0 Å². The van der Waals surface area contributed by atoms with Crippen molar-refractivity contribution in [3.05, 3.63) is 22.4 Å². The second-order valence-electron chi connectivity index (χ2n) is 5.70. The standard InChI is InChI=1S/C15H22N2OS/c18-15(13-3-4-13)16-7-10-17-8-5-12(6-9-17)14-2-1-11-19-14/h1-2,11-13H,3-10H2,(H,16,18). The van der Waals surface area contributed by atoms with Crippen molar-refractivity contribution in [2.24, 2.45) is 5.92 Å². The lowest BCUT2D eigenvalue weighted by Crippen LogP contribution is -2.39. The number of hydrogen-bond donors (Lipinski definition) is 1. The maximum Gasteiger partial charge on any atom is 0.223 e. The molecule has 0 radical (unpaired) electrons. The predicted molar refractivity (Wildman–Crippen MR) is 78.5 cm³/mol. The summed E-state index contributed by atoms with van der Waals surface area (Å²) in [6.07, 6.45) is 4.71. The van der Waals surface area contributed by atoms with Crippen LogP contribution < -0.4 is 5.32 Å². The van der Waals surface area contributed by atoms with Gasteiger partial charge in [-0.1, -0.05) is 6.07 Å². The topological polar surface area (TPSA) is 32.3 Å². The van der Waals surface area contributed by atoms with E-state index in [2.05, 4.69) is 27.7 Å². The maximum absolute atomic E-state index is 11.5. The molecule has 1 saturated carbocycles. The van der Waals surface area contributed by atoms with Crippen LogP contribution in [0.2, 0.25) is 0 Å². The highest BCUT2D eigenvalue weighted by atomic mass is 32.1. The van der Waals surface area contributed by atoms with Crippen LogP contribution in [0.3, 0.4) is 0 Å². The fourth-order valence-corrected chi connectivity index (χ4v) is 3.69. The van der Waals surface area contributed by atoms with Gasteiger partial charge in [-0.2, -0.15) is 0 Å². The van der Waals surface area contributed by atoms with Crippen LogP contribution in [0.15, 0.2) is 17.5 Å². The van der Waals surface area contributed by atoms with Gasteiger partial charge in [0.1, 0.15) is 0 Å². The van der Waals surface area contributed by atoms with Crippen molar-refractivity contribution in [3.63, 3.8) is 0 Å². The lowest BCUT2D eigenvalue weighted by Gasteiger charge is -2.31. The number of nitrogens with one attached hydrogen (secondary N) is 1. The number of rotatable bonds is 5. The van der Waals surface area contributed by atoms with E-state index in [1.165, 1.54) is 25.9 Å². The van der Waals surface area contributed by atoms with E-state index >= 15 is 0 Å². The molecule has 1 saturated heterocycles. The first-order valence-corrected chi connectivity index (χ1v) is 8.24. The molecule has 1 aliphatic carbocycles. The van der Waals surface area contributed by atoms with E-state index < -0.39 is 0 Å². The number of carbonyl (C=O) groups excluding carboxylic acids is 1. The molecule has 3 nitrogen and oxygen atoms in total. The number of likely N-dealkylation sites (tertiary alicyclic amines) is 1. The Morgan fingerprint density at radius 1 is 1.32 bits per heavy atom. The molecular weight excluding hydrogens is 256 g/mol. The predicted octanol–water partition coefficient (Wildman–Crippen LogP) is 2.45. The highest BCUT2D eigenvalue weighted by Gasteiger charge is 2.29. The van der Waals surface area contributed by atoms with Gasteiger partial charge < -0.3 is 10.2 Å². The highest BCUT2D eigenvalue weighted by Crippen LogP contribution is 2.31. The van der Waals surface area contributed by atoms with Crippen molar-refractivity contribution < 1.29 is 4.79 Å². The second-order valence-corrected chi connectivity index (χ2v) is 6.68. The number of hydrogen-bond acceptors (Lipinski definition) is 3. The molecule has 1 N–H and O–H groups in total. The summed E-state index contributed by atoms with van der Waals surface area (Å²) in [5, 5.41) is 5.23. The van der Waals surface area contributed by atoms with Crippen LogP contribution in [0.25, 0.3) is 0 Å². The number of nitrogens with zero attached hydrogens (tertiary/aromatic N) is 1. The largest absolute Gasteiger partial charge is 0.355 e. The van der Waals surface area contributed by atoms with Crippen LogP contribution in [0.1, 0.15) is 36.5 Å². The van der Waals surface area contributed by atoms with Crippen LogP contribution in [-0.2, 0) is 4.79 Å². The fraction of sp³-hybridized carbons (Fsp3) is 0.667. The van der Waals surface area contributed by atoms with E-state index in [4.69, 9.17) is 0 Å². The Morgan fingerprint density at radius 2 is 2.11 bits per heavy atom. The fourth-order valence-electron chi connectivity index (χ4n) is 2.79. The lowest BCUT2D eigenvalue weighted by atomic mass is 9.95. The molecular formula is C15H22N2OS. The van der Waals surface area contributed by atoms with Crippen LogP contribution >= 0.6 is 11.3 Å². The van der Waals surface area contributed by atoms with Crippen molar-refractivity contribution in [1.82, 2.24) is 10.2 Å². The van der Waals surface area contributed by atoms with E-state index in [0.29, 0.717) is 5.92 Å². The van der Waals surface area contributed by atoms with E-state index in [9.17, 15) is 4.79 Å². The molecule has 1 amide bonds. The molecule has 0 atom stereocenters. The van der Waals surface area contributed by atoms with Gasteiger partial charge in [0, 0.05) is 23.9 Å². The van der Waals surface area contributed by atoms with Gasteiger partial charge in [0.25, 0.3) is 0 Å². The zero-order valence-electron chi connectivity index (χ0n) is 11.3. The monoisotopic (exact) mass is 278 g/mol. The minimum Gasteiger partial charge on any atom is -0.355 e. The van der Waals surface area contributed by atoms with Crippen LogP contribution in [0, 0.1) is 5.92 Å². The second kappa shape index (κ2) is 6.06. The summed E-state index contributed by atoms with van der Waals surface area (Å²) in [7, 11) is 0. The van der Waals surface area contributed by atoms with Gasteiger partial charge in [0.15, 0.2) is 0 Å². The molecule has 19 heavy (non-hydrogen) atoms. The summed E-state index contributed by atoms with van der Waals surface area (Å²) < 4.78 is 0. The third-order valence-corrected chi connectivity index (χ3v) is 5.24. The average Bonchev–Trinajstić information content (AvgIpc) is 3.15. The first-order valence-electron chi connectivity index (χ1n) is 7.36. The van der Waals surface area contributed by atoms with Crippen LogP contribution in [0.5, 0.6) is 0 Å². The van der Waals surface area contributed by atoms with E-state index in [1.807, 2.05) is 11.3 Å². The minimum atomic E-state index is 0.272. The summed E-state index contributed by atoms with van der Waals surface area (Å²) in [6, 6.07) is 4.42. The molecule has 1 aliphatic heterocycles. The molecule has 1 aromatic rings. The van der Waals surface area contributed by atoms with E-state index in [0.717, 1.165) is 31.8 Å². The molecule has 1 aromatic heterocycles. The van der Waals surface area contributed by atoms with Crippen molar-refractivity contribution >= 4 is 17.2 Å². The molecule has 0 spiro atoms. The molecule has 2 heterocycles. The van der Waals surface area contributed by atoms with Crippen molar-refractivity contribution in [2.75, 3.05) is 26.2 Å². The summed E-state index contributed by atoms with van der Waals surface area (Å²) in [5.41, 5.74) is 0. The SMILES string of the molecule is O=C(NCCN1CCC(c2cccs2)CC1)C1CC1. The van der Waals surface area contributed by atoms with Gasteiger partial charge >= 0.3 is 0 Å². The van der Waals surface area contributed by atoms with Gasteiger partial charge in [0.05, 0.1) is 0 Å². The molecule has 2 aliphatic rings. The van der Waals surface area contributed by atoms with Crippen molar-refractivity contribution in [2.45, 2.75) is 31.6 Å². The summed E-state index contributed by atoms with van der Waals surface area (Å²) in [6.45, 7) is 4.17. The summed E-state index contributed by atoms with van der Waals surface area (Å²) in [4.78, 5) is 15.6. The van der Waals surface area contributed by atoms with Gasteiger partial charge in [-0.25, -0.2) is 0 Å². The summed E-state index contributed by atoms with van der Waals surface area (Å²) in [5.74, 6) is 1.37. The number of thiophene rings is 1. The van der Waals surface area contributed by atoms with E-state index in [-0.39, 0.29) is 5.91 Å². The molecule has 0 unspecified atom stereocenters. The number of carbonyl (C=O) groups is 1. The first kappa shape index (κ1) is 13.1. The molecule has 4 heteroatoms. The van der Waals surface area contributed by atoms with Gasteiger partial charge in [-0.05, 0) is 56.1 Å². The molecule has 104 valence electrons. The average molecular weight is 278 g/mol. The molecule has 2 fully saturated rings. The first-order chi connectivity index (χ1) is 9.33. The zero-order chi connectivity index (χ0) is 13.1. The smallest absolute Gasteiger partial charge is 0.223 e. The minimum absolute atomic E-state index is 0.272. The van der Waals surface area contributed by atoms with Crippen molar-refractivity contribution in [3.8, 4) is 0 Å². The van der Waals surface area contributed by atoms with Gasteiger partial charge in [-0.15, -0.1) is 11.3 Å². The maximum atomic E-state index is 11.5. The Hall–Kier alpha value is -0.870. The molecule has 3 rings (SSSR count). The Kier molecular flexibility index (Phi) is 4.18. The Morgan fingerprint density at radius 3 is 2.74 bits per heavy atom. The zero-order valence-corrected chi connectivity index (χ0v) is 12.1. The lowest BCUT2D eigenvalue weighted by molar-refractivity contribution is -0.122. The Labute approximate surface area is 119 Å². The number of piperidine rings is 1. The quantitative estimate of drug-likeness (QED) is 0.897. The van der Waals surface area contributed by atoms with Gasteiger partial charge in [-0.3, -0.25) is 4.79 Å². The molecule has 0 bridgehead atoms. The number of amides is 1. The third kappa shape index (κ3) is 3.57. The van der Waals surface area contributed by atoms with Crippen molar-refractivity contribution in [1.29, 1.82) is 0 Å². The van der Waals surface area contributed by atoms with Crippen LogP contribution in [0.4, 0.5) is 0 Å². The Balaban J connectivity index is 1.35. The summed E-state index contributed by atoms with van der Waals surface area (Å²) >= 11 is 1.89. The normalized spacial score (nSPS) is 21.5. The van der Waals surface area contributed by atoms with E-state index in [1.54, 1.807) is 4.88 Å². The Bertz CT molecular complexity index is 406. The third-order valence-electron chi connectivity index (χ3n) is 4.21. The highest BCUT2D eigenvalue weighted by molar-refractivity contribution is 7.10. The molecule has 0 aromatic carbocycles. The van der Waals surface area contributed by atoms with Gasteiger partial charge in [0.2, 0.25) is 5.91 Å².